The lowest BCUT2D eigenvalue weighted by Gasteiger charge is -2.29. The number of rotatable bonds is 6. The van der Waals surface area contributed by atoms with Gasteiger partial charge >= 0.3 is 0 Å². The predicted molar refractivity (Wildman–Crippen MR) is 105 cm³/mol. The van der Waals surface area contributed by atoms with Crippen LogP contribution in [0.15, 0.2) is 23.4 Å². The molecule has 1 fully saturated rings. The van der Waals surface area contributed by atoms with E-state index in [0.717, 1.165) is 31.9 Å². The molecule has 0 aliphatic carbocycles. The summed E-state index contributed by atoms with van der Waals surface area (Å²) in [6.07, 6.45) is 1.77. The Labute approximate surface area is 160 Å². The second-order valence-electron chi connectivity index (χ2n) is 5.82. The summed E-state index contributed by atoms with van der Waals surface area (Å²) in [6, 6.07) is 4.88. The molecule has 1 aliphatic heterocycles. The van der Waals surface area contributed by atoms with E-state index in [9.17, 15) is 9.18 Å². The molecule has 2 heterocycles. The van der Waals surface area contributed by atoms with Crippen molar-refractivity contribution in [1.29, 1.82) is 0 Å². The summed E-state index contributed by atoms with van der Waals surface area (Å²) in [4.78, 5) is 22.3. The van der Waals surface area contributed by atoms with E-state index in [-0.39, 0.29) is 22.9 Å². The van der Waals surface area contributed by atoms with Crippen LogP contribution in [0.4, 0.5) is 27.4 Å². The second-order valence-corrected chi connectivity index (χ2v) is 6.59. The van der Waals surface area contributed by atoms with Gasteiger partial charge < -0.3 is 26.7 Å². The Bertz CT molecular complexity index is 843. The quantitative estimate of drug-likeness (QED) is 0.210. The minimum absolute atomic E-state index is 0.0409. The first-order valence-electron chi connectivity index (χ1n) is 8.28. The Kier molecular flexibility index (Phi) is 5.94. The molecule has 1 aromatic heterocycles. The van der Waals surface area contributed by atoms with Crippen molar-refractivity contribution >= 4 is 40.7 Å². The molecule has 0 unspecified atom stereocenters. The Morgan fingerprint density at radius 2 is 2.00 bits per heavy atom. The van der Waals surface area contributed by atoms with Crippen LogP contribution in [-0.4, -0.2) is 48.3 Å². The molecule has 1 amide bonds. The molecule has 1 aromatic carbocycles. The maximum absolute atomic E-state index is 14.7. The number of nitrogen functional groups attached to an aromatic ring is 1. The zero-order chi connectivity index (χ0) is 19.4. The Hall–Kier alpha value is -2.63. The van der Waals surface area contributed by atoms with Crippen LogP contribution in [0, 0.1) is 5.82 Å². The molecular weight excluding hydrogens is 371 g/mol. The average molecular weight is 392 g/mol. The van der Waals surface area contributed by atoms with Gasteiger partial charge in [-0.05, 0) is 24.5 Å². The maximum atomic E-state index is 14.7. The van der Waals surface area contributed by atoms with Gasteiger partial charge in [0.1, 0.15) is 17.2 Å². The van der Waals surface area contributed by atoms with Gasteiger partial charge in [0.05, 0.1) is 5.69 Å². The van der Waals surface area contributed by atoms with E-state index in [1.165, 1.54) is 17.8 Å². The second kappa shape index (κ2) is 8.37. The van der Waals surface area contributed by atoms with Crippen LogP contribution in [0.1, 0.15) is 10.4 Å². The smallest absolute Gasteiger partial charge is 0.256 e. The van der Waals surface area contributed by atoms with E-state index in [0.29, 0.717) is 5.16 Å². The van der Waals surface area contributed by atoms with Gasteiger partial charge in [0.25, 0.3) is 5.91 Å². The predicted octanol–water partition coefficient (Wildman–Crippen LogP) is 0.875. The Morgan fingerprint density at radius 3 is 2.59 bits per heavy atom. The first-order chi connectivity index (χ1) is 13.0. The number of nitrogens with two attached hydrogens (primary N) is 2. The third kappa shape index (κ3) is 4.21. The van der Waals surface area contributed by atoms with Crippen LogP contribution in [0.25, 0.3) is 0 Å². The van der Waals surface area contributed by atoms with Crippen LogP contribution in [0.5, 0.6) is 0 Å². The molecule has 9 nitrogen and oxygen atoms in total. The van der Waals surface area contributed by atoms with Gasteiger partial charge in [-0.1, -0.05) is 11.8 Å². The zero-order valence-corrected chi connectivity index (χ0v) is 15.6. The molecule has 0 bridgehead atoms. The van der Waals surface area contributed by atoms with Gasteiger partial charge in [0, 0.05) is 31.9 Å². The summed E-state index contributed by atoms with van der Waals surface area (Å²) in [5.74, 6) is 4.35. The number of anilines is 4. The molecule has 0 spiro atoms. The third-order valence-electron chi connectivity index (χ3n) is 4.14. The summed E-state index contributed by atoms with van der Waals surface area (Å²) in [7, 11) is 0. The summed E-state index contributed by atoms with van der Waals surface area (Å²) >= 11 is 1.25. The van der Waals surface area contributed by atoms with Crippen molar-refractivity contribution in [2.75, 3.05) is 48.1 Å². The number of hydrogen-bond acceptors (Lipinski definition) is 9. The fourth-order valence-electron chi connectivity index (χ4n) is 2.81. The number of halogens is 1. The van der Waals surface area contributed by atoms with Crippen molar-refractivity contribution in [3.05, 3.63) is 29.6 Å². The van der Waals surface area contributed by atoms with Crippen LogP contribution in [-0.2, 0) is 0 Å². The van der Waals surface area contributed by atoms with Crippen LogP contribution in [0.3, 0.4) is 0 Å². The fourth-order valence-corrected chi connectivity index (χ4v) is 3.18. The number of thioether (sulfide) groups is 1. The lowest BCUT2D eigenvalue weighted by Crippen LogP contribution is -2.43. The SMILES string of the molecule is CSc1nc(NN)c(C(N)=O)c(Nc2ccc(N3CCNCC3)cc2F)n1. The van der Waals surface area contributed by atoms with Crippen molar-refractivity contribution in [2.24, 2.45) is 11.6 Å². The number of hydrazine groups is 1. The summed E-state index contributed by atoms with van der Waals surface area (Å²) < 4.78 is 14.7. The van der Waals surface area contributed by atoms with E-state index in [4.69, 9.17) is 11.6 Å². The Morgan fingerprint density at radius 1 is 1.30 bits per heavy atom. The maximum Gasteiger partial charge on any atom is 0.256 e. The highest BCUT2D eigenvalue weighted by Crippen LogP contribution is 2.29. The lowest BCUT2D eigenvalue weighted by atomic mass is 10.2. The highest BCUT2D eigenvalue weighted by Gasteiger charge is 2.20. The van der Waals surface area contributed by atoms with Crippen molar-refractivity contribution in [3.63, 3.8) is 0 Å². The van der Waals surface area contributed by atoms with Gasteiger partial charge in [0.15, 0.2) is 11.0 Å². The largest absolute Gasteiger partial charge is 0.369 e. The molecule has 2 aromatic rings. The average Bonchev–Trinajstić information content (AvgIpc) is 2.69. The molecule has 0 atom stereocenters. The van der Waals surface area contributed by atoms with E-state index in [1.54, 1.807) is 12.3 Å². The normalized spacial score (nSPS) is 14.1. The number of aromatic nitrogens is 2. The summed E-state index contributed by atoms with van der Waals surface area (Å²) in [5, 5.41) is 6.45. The van der Waals surface area contributed by atoms with Gasteiger partial charge in [-0.3, -0.25) is 4.79 Å². The molecule has 3 rings (SSSR count). The Balaban J connectivity index is 1.93. The number of primary amides is 1. The van der Waals surface area contributed by atoms with Gasteiger partial charge in [-0.15, -0.1) is 0 Å². The van der Waals surface area contributed by atoms with E-state index >= 15 is 0 Å². The molecule has 7 N–H and O–H groups in total. The first-order valence-corrected chi connectivity index (χ1v) is 9.50. The lowest BCUT2D eigenvalue weighted by molar-refractivity contribution is 0.100. The molecule has 1 aliphatic rings. The highest BCUT2D eigenvalue weighted by atomic mass is 32.2. The number of carbonyl (C=O) groups is 1. The van der Waals surface area contributed by atoms with Crippen LogP contribution in [0.2, 0.25) is 0 Å². The van der Waals surface area contributed by atoms with Crippen molar-refractivity contribution < 1.29 is 9.18 Å². The van der Waals surface area contributed by atoms with Gasteiger partial charge in [-0.2, -0.15) is 0 Å². The topological polar surface area (TPSA) is 134 Å². The molecular formula is C16H21FN8OS. The fraction of sp³-hybridized carbons (Fsp3) is 0.312. The molecule has 0 radical (unpaired) electrons. The zero-order valence-electron chi connectivity index (χ0n) is 14.8. The number of hydrogen-bond donors (Lipinski definition) is 5. The monoisotopic (exact) mass is 392 g/mol. The molecule has 1 saturated heterocycles. The molecule has 0 saturated carbocycles. The van der Waals surface area contributed by atoms with Crippen molar-refractivity contribution in [2.45, 2.75) is 5.16 Å². The van der Waals surface area contributed by atoms with Crippen LogP contribution < -0.4 is 32.5 Å². The van der Waals surface area contributed by atoms with E-state index < -0.39 is 11.7 Å². The molecule has 27 heavy (non-hydrogen) atoms. The van der Waals surface area contributed by atoms with E-state index in [1.807, 2.05) is 6.07 Å². The van der Waals surface area contributed by atoms with Gasteiger partial charge in [0.2, 0.25) is 0 Å². The van der Waals surface area contributed by atoms with E-state index in [2.05, 4.69) is 30.9 Å². The number of nitrogens with zero attached hydrogens (tertiary/aromatic N) is 3. The van der Waals surface area contributed by atoms with Gasteiger partial charge in [-0.25, -0.2) is 20.2 Å². The minimum atomic E-state index is -0.782. The van der Waals surface area contributed by atoms with Crippen molar-refractivity contribution in [3.8, 4) is 0 Å². The number of benzene rings is 1. The molecule has 11 heteroatoms. The van der Waals surface area contributed by atoms with Crippen molar-refractivity contribution in [1.82, 2.24) is 15.3 Å². The number of piperazine rings is 1. The minimum Gasteiger partial charge on any atom is -0.369 e. The highest BCUT2D eigenvalue weighted by molar-refractivity contribution is 7.98. The number of nitrogens with one attached hydrogen (secondary N) is 3. The molecule has 144 valence electrons. The first kappa shape index (κ1) is 19.1. The number of carbonyl (C=O) groups excluding carboxylic acids is 1. The van der Waals surface area contributed by atoms with Crippen LogP contribution >= 0.6 is 11.8 Å². The third-order valence-corrected chi connectivity index (χ3v) is 4.69. The summed E-state index contributed by atoms with van der Waals surface area (Å²) in [5.41, 5.74) is 8.69. The standard InChI is InChI=1S/C16H21FN8OS/c1-27-16-22-14(12(13(18)26)15(23-16)24-19)21-11-3-2-9(8-10(11)17)25-6-4-20-5-7-25/h2-3,8,20H,4-7,19H2,1H3,(H2,18,26)(H2,21,22,23,24). The number of amides is 1. The summed E-state index contributed by atoms with van der Waals surface area (Å²) in [6.45, 7) is 3.34.